The summed E-state index contributed by atoms with van der Waals surface area (Å²) in [5.41, 5.74) is 0.176. The van der Waals surface area contributed by atoms with E-state index in [4.69, 9.17) is 16.0 Å². The number of hydrogen-bond acceptors (Lipinski definition) is 5. The molecule has 0 bridgehead atoms. The number of benzene rings is 2. The molecule has 182 valence electrons. The lowest BCUT2D eigenvalue weighted by Crippen LogP contribution is -2.44. The summed E-state index contributed by atoms with van der Waals surface area (Å²) in [6, 6.07) is 11.5. The minimum Gasteiger partial charge on any atom is -0.461 e. The fourth-order valence-electron chi connectivity index (χ4n) is 5.55. The molecule has 2 fully saturated rings. The van der Waals surface area contributed by atoms with E-state index in [2.05, 4.69) is 0 Å². The molecule has 0 N–H and O–H groups in total. The second-order valence-electron chi connectivity index (χ2n) is 8.85. The maximum absolute atomic E-state index is 13.8. The number of halogens is 4. The number of fused-ring (bicyclic) bond motifs is 5. The number of imide groups is 1. The molecule has 3 aliphatic rings. The third kappa shape index (κ3) is 3.15. The van der Waals surface area contributed by atoms with Gasteiger partial charge in [-0.25, -0.2) is 4.90 Å². The molecule has 36 heavy (non-hydrogen) atoms. The summed E-state index contributed by atoms with van der Waals surface area (Å²) in [5, 5.41) is -0.547. The predicted octanol–water partition coefficient (Wildman–Crippen LogP) is 5.35. The molecule has 3 aliphatic heterocycles. The van der Waals surface area contributed by atoms with Crippen LogP contribution in [0.2, 0.25) is 5.02 Å². The number of hydrogen-bond donors (Lipinski definition) is 0. The number of carbonyl (C=O) groups is 3. The summed E-state index contributed by atoms with van der Waals surface area (Å²) < 4.78 is 45.8. The van der Waals surface area contributed by atoms with Gasteiger partial charge in [0.25, 0.3) is 0 Å². The van der Waals surface area contributed by atoms with E-state index in [1.165, 1.54) is 18.4 Å². The van der Waals surface area contributed by atoms with E-state index in [-0.39, 0.29) is 11.4 Å². The SMILES string of the molecule is O=C(c1ccco1)[C@@H]1[C@@H]2C(=O)N(c3ccc(Cl)c(C(F)(F)F)c3)C(=O)[C@@H]2[C@@H]2c3ccccc3C=CN12. The highest BCUT2D eigenvalue weighted by Crippen LogP contribution is 2.54. The van der Waals surface area contributed by atoms with Crippen molar-refractivity contribution in [3.63, 3.8) is 0 Å². The Kier molecular flexibility index (Phi) is 4.91. The standard InChI is InChI=1S/C26H16ClF3N2O4/c27-17-8-7-14(12-16(17)26(28,29)30)32-24(34)19-20(25(32)35)22(23(33)18-6-3-11-36-18)31-10-9-13-4-1-2-5-15(13)21(19)31/h1-12,19-22H/t19-,20+,21-,22-/m0/s1. The van der Waals surface area contributed by atoms with Crippen molar-refractivity contribution in [3.05, 3.63) is 94.5 Å². The van der Waals surface area contributed by atoms with Crippen LogP contribution in [0.3, 0.4) is 0 Å². The lowest BCUT2D eigenvalue weighted by atomic mass is 9.84. The van der Waals surface area contributed by atoms with Crippen molar-refractivity contribution in [3.8, 4) is 0 Å². The number of nitrogens with zero attached hydrogens (tertiary/aromatic N) is 2. The Morgan fingerprint density at radius 2 is 1.72 bits per heavy atom. The van der Waals surface area contributed by atoms with Crippen LogP contribution in [-0.2, 0) is 15.8 Å². The van der Waals surface area contributed by atoms with Gasteiger partial charge in [0, 0.05) is 6.20 Å². The number of rotatable bonds is 3. The zero-order valence-electron chi connectivity index (χ0n) is 18.3. The van der Waals surface area contributed by atoms with Crippen LogP contribution in [-0.4, -0.2) is 28.5 Å². The predicted molar refractivity (Wildman–Crippen MR) is 123 cm³/mol. The van der Waals surface area contributed by atoms with E-state index in [9.17, 15) is 27.6 Å². The molecule has 4 heterocycles. The van der Waals surface area contributed by atoms with E-state index >= 15 is 0 Å². The Morgan fingerprint density at radius 3 is 2.44 bits per heavy atom. The molecule has 6 rings (SSSR count). The first-order valence-electron chi connectivity index (χ1n) is 11.1. The first-order valence-corrected chi connectivity index (χ1v) is 11.4. The number of ketones is 1. The van der Waals surface area contributed by atoms with Gasteiger partial charge in [-0.05, 0) is 47.5 Å². The van der Waals surface area contributed by atoms with Crippen molar-refractivity contribution < 1.29 is 32.0 Å². The van der Waals surface area contributed by atoms with Crippen LogP contribution >= 0.6 is 11.6 Å². The molecule has 2 aromatic carbocycles. The fraction of sp³-hybridized carbons (Fsp3) is 0.192. The normalized spacial score (nSPS) is 24.7. The van der Waals surface area contributed by atoms with E-state index in [0.29, 0.717) is 6.07 Å². The highest BCUT2D eigenvalue weighted by molar-refractivity contribution is 6.32. The minimum atomic E-state index is -4.78. The molecule has 0 radical (unpaired) electrons. The van der Waals surface area contributed by atoms with Crippen LogP contribution in [0, 0.1) is 11.8 Å². The van der Waals surface area contributed by atoms with Crippen LogP contribution in [0.4, 0.5) is 18.9 Å². The van der Waals surface area contributed by atoms with Crippen molar-refractivity contribution in [2.75, 3.05) is 4.90 Å². The van der Waals surface area contributed by atoms with Crippen molar-refractivity contribution in [2.24, 2.45) is 11.8 Å². The zero-order chi connectivity index (χ0) is 25.4. The Labute approximate surface area is 207 Å². The van der Waals surface area contributed by atoms with Crippen molar-refractivity contribution in [2.45, 2.75) is 18.3 Å². The molecular weight excluding hydrogens is 497 g/mol. The topological polar surface area (TPSA) is 70.8 Å². The minimum absolute atomic E-state index is 0.0243. The molecule has 0 spiro atoms. The van der Waals surface area contributed by atoms with Crippen LogP contribution in [0.1, 0.15) is 33.3 Å². The Bertz CT molecular complexity index is 1450. The van der Waals surface area contributed by atoms with Crippen molar-refractivity contribution >= 4 is 41.0 Å². The average Bonchev–Trinajstić information content (AvgIpc) is 3.55. The molecular formula is C26H16ClF3N2O4. The number of Topliss-reactive ketones (excluding diaryl/α,β-unsaturated/α-hetero) is 1. The molecule has 0 unspecified atom stereocenters. The molecule has 0 aliphatic carbocycles. The molecule has 0 saturated carbocycles. The highest BCUT2D eigenvalue weighted by atomic mass is 35.5. The zero-order valence-corrected chi connectivity index (χ0v) is 19.0. The number of furan rings is 1. The van der Waals surface area contributed by atoms with Crippen molar-refractivity contribution in [1.29, 1.82) is 0 Å². The number of carbonyl (C=O) groups excluding carboxylic acids is 3. The fourth-order valence-corrected chi connectivity index (χ4v) is 5.77. The molecule has 2 amide bonds. The van der Waals surface area contributed by atoms with Gasteiger partial charge in [0.05, 0.1) is 40.4 Å². The van der Waals surface area contributed by atoms with Gasteiger partial charge in [0.15, 0.2) is 5.76 Å². The monoisotopic (exact) mass is 512 g/mol. The van der Waals surface area contributed by atoms with Gasteiger partial charge >= 0.3 is 6.18 Å². The van der Waals surface area contributed by atoms with E-state index in [1.54, 1.807) is 29.3 Å². The largest absolute Gasteiger partial charge is 0.461 e. The maximum Gasteiger partial charge on any atom is 0.417 e. The maximum atomic E-state index is 13.8. The highest BCUT2D eigenvalue weighted by Gasteiger charge is 2.65. The molecule has 2 saturated heterocycles. The number of alkyl halides is 3. The summed E-state index contributed by atoms with van der Waals surface area (Å²) in [6.07, 6.45) is 0.0396. The van der Waals surface area contributed by atoms with E-state index in [0.717, 1.165) is 22.1 Å². The third-order valence-electron chi connectivity index (χ3n) is 7.01. The average molecular weight is 513 g/mol. The van der Waals surface area contributed by atoms with Gasteiger partial charge in [-0.1, -0.05) is 35.9 Å². The quantitative estimate of drug-likeness (QED) is 0.349. The smallest absolute Gasteiger partial charge is 0.417 e. The van der Waals surface area contributed by atoms with Gasteiger partial charge in [-0.2, -0.15) is 13.2 Å². The van der Waals surface area contributed by atoms with E-state index in [1.807, 2.05) is 18.2 Å². The molecule has 6 nitrogen and oxygen atoms in total. The summed E-state index contributed by atoms with van der Waals surface area (Å²) in [6.45, 7) is 0. The van der Waals surface area contributed by atoms with Crippen LogP contribution in [0.25, 0.3) is 6.08 Å². The Balaban J connectivity index is 1.49. The van der Waals surface area contributed by atoms with Crippen LogP contribution < -0.4 is 4.90 Å². The number of anilines is 1. The lowest BCUT2D eigenvalue weighted by molar-refractivity contribution is -0.137. The van der Waals surface area contributed by atoms with Crippen molar-refractivity contribution in [1.82, 2.24) is 4.90 Å². The van der Waals surface area contributed by atoms with Gasteiger partial charge in [0.2, 0.25) is 17.6 Å². The van der Waals surface area contributed by atoms with Gasteiger partial charge in [-0.15, -0.1) is 0 Å². The summed E-state index contributed by atoms with van der Waals surface area (Å²) in [7, 11) is 0. The molecule has 4 atom stereocenters. The Morgan fingerprint density at radius 1 is 0.972 bits per heavy atom. The first-order chi connectivity index (χ1) is 17.2. The number of amides is 2. The summed E-state index contributed by atoms with van der Waals surface area (Å²) in [4.78, 5) is 43.5. The van der Waals surface area contributed by atoms with Gasteiger partial charge in [0.1, 0.15) is 6.04 Å². The Hall–Kier alpha value is -3.85. The molecule has 10 heteroatoms. The van der Waals surface area contributed by atoms with E-state index < -0.39 is 58.3 Å². The second kappa shape index (κ2) is 7.83. The van der Waals surface area contributed by atoms with Gasteiger partial charge in [-0.3, -0.25) is 14.4 Å². The third-order valence-corrected chi connectivity index (χ3v) is 7.34. The van der Waals surface area contributed by atoms with Crippen LogP contribution in [0.5, 0.6) is 0 Å². The second-order valence-corrected chi connectivity index (χ2v) is 9.26. The van der Waals surface area contributed by atoms with Gasteiger partial charge < -0.3 is 9.32 Å². The molecule has 1 aromatic heterocycles. The summed E-state index contributed by atoms with van der Waals surface area (Å²) >= 11 is 5.75. The summed E-state index contributed by atoms with van der Waals surface area (Å²) in [5.74, 6) is -3.99. The lowest BCUT2D eigenvalue weighted by Gasteiger charge is -2.35. The van der Waals surface area contributed by atoms with Crippen LogP contribution in [0.15, 0.2) is 71.5 Å². The molecule has 3 aromatic rings. The first kappa shape index (κ1) is 22.6.